The number of halogens is 2. The summed E-state index contributed by atoms with van der Waals surface area (Å²) >= 11 is 12.1. The molecular weight excluding hydrogens is 467 g/mol. The SMILES string of the molecule is Clc1ccc2oc(-c3ccc(/C=C/c4ccc(-c5nc6cc(Cl)ccc6o5)cc4)cc3)nc2c1. The van der Waals surface area contributed by atoms with E-state index in [-0.39, 0.29) is 0 Å². The summed E-state index contributed by atoms with van der Waals surface area (Å²) < 4.78 is 11.7. The molecule has 0 atom stereocenters. The molecule has 0 spiro atoms. The first-order valence-electron chi connectivity index (χ1n) is 10.6. The highest BCUT2D eigenvalue weighted by atomic mass is 35.5. The van der Waals surface area contributed by atoms with Gasteiger partial charge in [-0.2, -0.15) is 0 Å². The average molecular weight is 483 g/mol. The van der Waals surface area contributed by atoms with Gasteiger partial charge in [0, 0.05) is 21.2 Å². The second-order valence-corrected chi connectivity index (χ2v) is 8.71. The van der Waals surface area contributed by atoms with Gasteiger partial charge in [0.25, 0.3) is 0 Å². The van der Waals surface area contributed by atoms with Gasteiger partial charge in [0.05, 0.1) is 0 Å². The molecule has 0 N–H and O–H groups in total. The van der Waals surface area contributed by atoms with E-state index in [0.717, 1.165) is 33.3 Å². The molecule has 6 aromatic rings. The third-order valence-corrected chi connectivity index (χ3v) is 5.95. The zero-order valence-electron chi connectivity index (χ0n) is 17.7. The van der Waals surface area contributed by atoms with E-state index in [1.165, 1.54) is 0 Å². The van der Waals surface area contributed by atoms with Crippen LogP contribution in [-0.2, 0) is 0 Å². The van der Waals surface area contributed by atoms with Gasteiger partial charge in [-0.05, 0) is 71.8 Å². The predicted molar refractivity (Wildman–Crippen MR) is 138 cm³/mol. The number of hydrogen-bond donors (Lipinski definition) is 0. The number of nitrogens with zero attached hydrogens (tertiary/aromatic N) is 2. The third-order valence-electron chi connectivity index (χ3n) is 5.48. The van der Waals surface area contributed by atoms with Crippen LogP contribution in [0.3, 0.4) is 0 Å². The van der Waals surface area contributed by atoms with Gasteiger partial charge in [-0.3, -0.25) is 0 Å². The first kappa shape index (κ1) is 20.7. The molecule has 6 rings (SSSR count). The van der Waals surface area contributed by atoms with Crippen molar-refractivity contribution in [3.63, 3.8) is 0 Å². The zero-order chi connectivity index (χ0) is 23.1. The van der Waals surface area contributed by atoms with Crippen LogP contribution in [0, 0.1) is 0 Å². The minimum Gasteiger partial charge on any atom is -0.436 e. The summed E-state index contributed by atoms with van der Waals surface area (Å²) in [6, 6.07) is 27.0. The Hall–Kier alpha value is -3.86. The molecule has 6 heteroatoms. The normalized spacial score (nSPS) is 11.7. The molecule has 0 bridgehead atoms. The van der Waals surface area contributed by atoms with Crippen molar-refractivity contribution in [3.05, 3.63) is 106 Å². The molecule has 4 aromatic carbocycles. The molecule has 2 aromatic heterocycles. The molecule has 0 amide bonds. The Labute approximate surface area is 205 Å². The molecule has 0 aliphatic rings. The fourth-order valence-electron chi connectivity index (χ4n) is 3.71. The number of hydrogen-bond acceptors (Lipinski definition) is 4. The van der Waals surface area contributed by atoms with E-state index in [2.05, 4.69) is 22.1 Å². The van der Waals surface area contributed by atoms with Crippen LogP contribution >= 0.6 is 23.2 Å². The molecule has 2 heterocycles. The van der Waals surface area contributed by atoms with Crippen molar-refractivity contribution in [2.24, 2.45) is 0 Å². The molecule has 0 unspecified atom stereocenters. The van der Waals surface area contributed by atoms with Crippen molar-refractivity contribution >= 4 is 57.6 Å². The van der Waals surface area contributed by atoms with Crippen molar-refractivity contribution in [1.82, 2.24) is 9.97 Å². The Morgan fingerprint density at radius 2 is 0.941 bits per heavy atom. The van der Waals surface area contributed by atoms with Crippen molar-refractivity contribution in [2.45, 2.75) is 0 Å². The van der Waals surface area contributed by atoms with Crippen LogP contribution in [0.4, 0.5) is 0 Å². The Morgan fingerprint density at radius 1 is 0.529 bits per heavy atom. The van der Waals surface area contributed by atoms with Gasteiger partial charge in [0.15, 0.2) is 11.2 Å². The fourth-order valence-corrected chi connectivity index (χ4v) is 4.05. The standard InChI is InChI=1S/C28H16Cl2N2O2/c29-21-11-13-25-23(15-21)31-27(33-25)19-7-3-17(4-8-19)1-2-18-5-9-20(10-6-18)28-32-24-16-22(30)12-14-26(24)34-28/h1-16H/b2-1+. The van der Waals surface area contributed by atoms with Crippen LogP contribution in [0.1, 0.15) is 11.1 Å². The lowest BCUT2D eigenvalue weighted by molar-refractivity contribution is 0.619. The van der Waals surface area contributed by atoms with E-state index >= 15 is 0 Å². The zero-order valence-corrected chi connectivity index (χ0v) is 19.2. The van der Waals surface area contributed by atoms with Gasteiger partial charge in [-0.1, -0.05) is 59.6 Å². The second-order valence-electron chi connectivity index (χ2n) is 7.84. The van der Waals surface area contributed by atoms with E-state index in [0.29, 0.717) is 33.0 Å². The topological polar surface area (TPSA) is 52.1 Å². The lowest BCUT2D eigenvalue weighted by Gasteiger charge is -1.99. The molecule has 164 valence electrons. The second kappa shape index (κ2) is 8.49. The number of rotatable bonds is 4. The molecule has 0 saturated heterocycles. The first-order valence-corrected chi connectivity index (χ1v) is 11.4. The minimum atomic E-state index is 0.574. The predicted octanol–water partition coefficient (Wildman–Crippen LogP) is 8.78. The molecule has 0 saturated carbocycles. The van der Waals surface area contributed by atoms with Crippen LogP contribution in [-0.4, -0.2) is 9.97 Å². The smallest absolute Gasteiger partial charge is 0.227 e. The van der Waals surface area contributed by atoms with Crippen LogP contribution in [0.5, 0.6) is 0 Å². The highest BCUT2D eigenvalue weighted by molar-refractivity contribution is 6.31. The molecule has 34 heavy (non-hydrogen) atoms. The van der Waals surface area contributed by atoms with Gasteiger partial charge < -0.3 is 8.83 Å². The van der Waals surface area contributed by atoms with E-state index in [1.807, 2.05) is 60.7 Å². The van der Waals surface area contributed by atoms with Gasteiger partial charge in [-0.25, -0.2) is 9.97 Å². The minimum absolute atomic E-state index is 0.574. The van der Waals surface area contributed by atoms with Crippen molar-refractivity contribution in [3.8, 4) is 22.9 Å². The molecule has 0 aliphatic carbocycles. The van der Waals surface area contributed by atoms with E-state index in [4.69, 9.17) is 32.0 Å². The van der Waals surface area contributed by atoms with Crippen LogP contribution in [0.2, 0.25) is 10.0 Å². The molecule has 4 nitrogen and oxygen atoms in total. The highest BCUT2D eigenvalue weighted by Crippen LogP contribution is 2.28. The van der Waals surface area contributed by atoms with E-state index in [1.54, 1.807) is 24.3 Å². The van der Waals surface area contributed by atoms with Crippen molar-refractivity contribution in [2.75, 3.05) is 0 Å². The van der Waals surface area contributed by atoms with Crippen molar-refractivity contribution in [1.29, 1.82) is 0 Å². The molecule has 0 fully saturated rings. The first-order chi connectivity index (χ1) is 16.6. The van der Waals surface area contributed by atoms with Gasteiger partial charge in [0.1, 0.15) is 11.0 Å². The van der Waals surface area contributed by atoms with Gasteiger partial charge in [0.2, 0.25) is 11.8 Å². The van der Waals surface area contributed by atoms with Gasteiger partial charge in [-0.15, -0.1) is 0 Å². The summed E-state index contributed by atoms with van der Waals surface area (Å²) in [6.45, 7) is 0. The Kier molecular flexibility index (Phi) is 5.17. The fraction of sp³-hybridized carbons (Fsp3) is 0. The van der Waals surface area contributed by atoms with Crippen LogP contribution in [0.25, 0.3) is 57.3 Å². The lowest BCUT2D eigenvalue weighted by atomic mass is 10.1. The Bertz CT molecular complexity index is 1540. The molecule has 0 radical (unpaired) electrons. The Balaban J connectivity index is 1.18. The van der Waals surface area contributed by atoms with E-state index in [9.17, 15) is 0 Å². The summed E-state index contributed by atoms with van der Waals surface area (Å²) in [5, 5.41) is 1.28. The number of fused-ring (bicyclic) bond motifs is 2. The average Bonchev–Trinajstić information content (AvgIpc) is 3.47. The lowest BCUT2D eigenvalue weighted by Crippen LogP contribution is -1.79. The van der Waals surface area contributed by atoms with E-state index < -0.39 is 0 Å². The number of benzene rings is 4. The molecular formula is C28H16Cl2N2O2. The third kappa shape index (κ3) is 4.10. The summed E-state index contributed by atoms with van der Waals surface area (Å²) in [7, 11) is 0. The summed E-state index contributed by atoms with van der Waals surface area (Å²) in [5.74, 6) is 1.15. The van der Waals surface area contributed by atoms with Crippen molar-refractivity contribution < 1.29 is 8.83 Å². The summed E-state index contributed by atoms with van der Waals surface area (Å²) in [6.07, 6.45) is 4.12. The Morgan fingerprint density at radius 3 is 1.35 bits per heavy atom. The maximum atomic E-state index is 6.04. The monoisotopic (exact) mass is 482 g/mol. The number of aromatic nitrogens is 2. The quantitative estimate of drug-likeness (QED) is 0.235. The van der Waals surface area contributed by atoms with Crippen LogP contribution < -0.4 is 0 Å². The summed E-state index contributed by atoms with van der Waals surface area (Å²) in [4.78, 5) is 9.06. The maximum absolute atomic E-state index is 6.04. The van der Waals surface area contributed by atoms with Crippen LogP contribution in [0.15, 0.2) is 93.8 Å². The maximum Gasteiger partial charge on any atom is 0.227 e. The summed E-state index contributed by atoms with van der Waals surface area (Å²) in [5.41, 5.74) is 6.89. The largest absolute Gasteiger partial charge is 0.436 e. The molecule has 0 aliphatic heterocycles. The number of oxazole rings is 2. The highest BCUT2D eigenvalue weighted by Gasteiger charge is 2.09. The van der Waals surface area contributed by atoms with Gasteiger partial charge >= 0.3 is 0 Å².